The molecule has 0 saturated heterocycles. The van der Waals surface area contributed by atoms with E-state index in [4.69, 9.17) is 14.4 Å². The number of nitriles is 1. The zero-order chi connectivity index (χ0) is 13.8. The smallest absolute Gasteiger partial charge is 0.375 e. The molecule has 0 aliphatic carbocycles. The highest BCUT2D eigenvalue weighted by molar-refractivity contribution is 5.86. The topological polar surface area (TPSA) is 76.1 Å². The van der Waals surface area contributed by atoms with Gasteiger partial charge >= 0.3 is 5.97 Å². The Kier molecular flexibility index (Phi) is 3.57. The van der Waals surface area contributed by atoms with E-state index < -0.39 is 11.8 Å². The van der Waals surface area contributed by atoms with Crippen molar-refractivity contribution in [1.82, 2.24) is 4.98 Å². The molecule has 0 aliphatic heterocycles. The summed E-state index contributed by atoms with van der Waals surface area (Å²) < 4.78 is 23.2. The number of ether oxygens (including phenoxy) is 1. The lowest BCUT2D eigenvalue weighted by molar-refractivity contribution is 0.0491. The highest BCUT2D eigenvalue weighted by Crippen LogP contribution is 2.22. The molecule has 0 N–H and O–H groups in total. The number of halogens is 1. The molecule has 0 aliphatic rings. The van der Waals surface area contributed by atoms with Crippen LogP contribution in [-0.4, -0.2) is 17.6 Å². The fourth-order valence-corrected chi connectivity index (χ4v) is 1.48. The molecule has 1 heterocycles. The molecule has 96 valence electrons. The van der Waals surface area contributed by atoms with Gasteiger partial charge in [-0.05, 0) is 25.1 Å². The van der Waals surface area contributed by atoms with Crippen molar-refractivity contribution in [2.24, 2.45) is 0 Å². The Bertz CT molecular complexity index is 658. The molecule has 0 fully saturated rings. The van der Waals surface area contributed by atoms with Crippen molar-refractivity contribution in [2.75, 3.05) is 6.61 Å². The van der Waals surface area contributed by atoms with E-state index in [-0.39, 0.29) is 29.4 Å². The summed E-state index contributed by atoms with van der Waals surface area (Å²) in [7, 11) is 0. The minimum atomic E-state index is -0.641. The monoisotopic (exact) mass is 260 g/mol. The molecule has 0 atom stereocenters. The number of aromatic nitrogens is 1. The maximum Gasteiger partial charge on any atom is 0.375 e. The van der Waals surface area contributed by atoms with E-state index in [0.29, 0.717) is 0 Å². The molecule has 0 unspecified atom stereocenters. The Labute approximate surface area is 108 Å². The molecule has 1 aromatic heterocycles. The number of nitrogens with zero attached hydrogens (tertiary/aromatic N) is 2. The standard InChI is InChI=1S/C13H9FN2O3/c1-2-18-13(17)11-7-16-12(19-11)9-3-8(6-15)4-10(14)5-9/h3-5,7H,2H2,1H3. The predicted molar refractivity (Wildman–Crippen MR) is 62.6 cm³/mol. The van der Waals surface area contributed by atoms with Gasteiger partial charge in [0.15, 0.2) is 0 Å². The fourth-order valence-electron chi connectivity index (χ4n) is 1.48. The SMILES string of the molecule is CCOC(=O)c1cnc(-c2cc(F)cc(C#N)c2)o1. The van der Waals surface area contributed by atoms with Gasteiger partial charge < -0.3 is 9.15 Å². The summed E-state index contributed by atoms with van der Waals surface area (Å²) in [6.07, 6.45) is 1.20. The molecule has 0 saturated carbocycles. The van der Waals surface area contributed by atoms with E-state index in [0.717, 1.165) is 6.07 Å². The number of hydrogen-bond acceptors (Lipinski definition) is 5. The molecule has 0 radical (unpaired) electrons. The summed E-state index contributed by atoms with van der Waals surface area (Å²) in [4.78, 5) is 15.3. The van der Waals surface area contributed by atoms with Gasteiger partial charge in [0.05, 0.1) is 24.4 Å². The van der Waals surface area contributed by atoms with Crippen LogP contribution in [0.15, 0.2) is 28.8 Å². The summed E-state index contributed by atoms with van der Waals surface area (Å²) >= 11 is 0. The Balaban J connectivity index is 2.35. The first-order valence-corrected chi connectivity index (χ1v) is 5.48. The van der Waals surface area contributed by atoms with Gasteiger partial charge in [-0.3, -0.25) is 0 Å². The van der Waals surface area contributed by atoms with Crippen molar-refractivity contribution >= 4 is 5.97 Å². The summed E-state index contributed by atoms with van der Waals surface area (Å²) in [6.45, 7) is 1.88. The van der Waals surface area contributed by atoms with Gasteiger partial charge in [0, 0.05) is 5.56 Å². The zero-order valence-corrected chi connectivity index (χ0v) is 10.0. The lowest BCUT2D eigenvalue weighted by Crippen LogP contribution is -2.02. The molecule has 19 heavy (non-hydrogen) atoms. The third-order valence-corrected chi connectivity index (χ3v) is 2.26. The van der Waals surface area contributed by atoms with Crippen molar-refractivity contribution in [3.05, 3.63) is 41.5 Å². The van der Waals surface area contributed by atoms with E-state index in [9.17, 15) is 9.18 Å². The first-order valence-electron chi connectivity index (χ1n) is 5.48. The second-order valence-electron chi connectivity index (χ2n) is 3.59. The number of carbonyl (C=O) groups excluding carboxylic acids is 1. The largest absolute Gasteiger partial charge is 0.460 e. The molecule has 1 aromatic carbocycles. The third-order valence-electron chi connectivity index (χ3n) is 2.26. The lowest BCUT2D eigenvalue weighted by atomic mass is 10.1. The van der Waals surface area contributed by atoms with Gasteiger partial charge in [-0.1, -0.05) is 0 Å². The van der Waals surface area contributed by atoms with E-state index >= 15 is 0 Å². The molecular formula is C13H9FN2O3. The normalized spacial score (nSPS) is 9.95. The number of rotatable bonds is 3. The van der Waals surface area contributed by atoms with Crippen molar-refractivity contribution in [1.29, 1.82) is 5.26 Å². The molecule has 0 spiro atoms. The molecule has 0 bridgehead atoms. The number of esters is 1. The van der Waals surface area contributed by atoms with Gasteiger partial charge in [0.25, 0.3) is 0 Å². The Morgan fingerprint density at radius 3 is 3.00 bits per heavy atom. The molecular weight excluding hydrogens is 251 g/mol. The van der Waals surface area contributed by atoms with Crippen LogP contribution in [0.1, 0.15) is 23.0 Å². The van der Waals surface area contributed by atoms with E-state index in [1.54, 1.807) is 6.92 Å². The predicted octanol–water partition coefficient (Wildman–Crippen LogP) is 2.53. The molecule has 5 nitrogen and oxygen atoms in total. The van der Waals surface area contributed by atoms with Crippen molar-refractivity contribution in [3.8, 4) is 17.5 Å². The van der Waals surface area contributed by atoms with Gasteiger partial charge in [-0.25, -0.2) is 14.2 Å². The van der Waals surface area contributed by atoms with E-state index in [1.165, 1.54) is 18.3 Å². The minimum Gasteiger partial charge on any atom is -0.460 e. The molecule has 2 aromatic rings. The number of oxazole rings is 1. The Morgan fingerprint density at radius 2 is 2.32 bits per heavy atom. The van der Waals surface area contributed by atoms with Crippen molar-refractivity contribution < 1.29 is 18.3 Å². The quantitative estimate of drug-likeness (QED) is 0.792. The average molecular weight is 260 g/mol. The lowest BCUT2D eigenvalue weighted by Gasteiger charge is -1.98. The molecule has 6 heteroatoms. The average Bonchev–Trinajstić information content (AvgIpc) is 2.88. The van der Waals surface area contributed by atoms with Gasteiger partial charge in [0.1, 0.15) is 5.82 Å². The van der Waals surface area contributed by atoms with Gasteiger partial charge in [-0.15, -0.1) is 0 Å². The zero-order valence-electron chi connectivity index (χ0n) is 10.0. The van der Waals surface area contributed by atoms with Gasteiger partial charge in [-0.2, -0.15) is 5.26 Å². The summed E-state index contributed by atoms with van der Waals surface area (Å²) in [6, 6.07) is 5.51. The fraction of sp³-hybridized carbons (Fsp3) is 0.154. The maximum atomic E-state index is 13.3. The molecule has 0 amide bonds. The van der Waals surface area contributed by atoms with Crippen LogP contribution in [0.3, 0.4) is 0 Å². The van der Waals surface area contributed by atoms with Crippen LogP contribution in [0.2, 0.25) is 0 Å². The maximum absolute atomic E-state index is 13.3. The van der Waals surface area contributed by atoms with Crippen molar-refractivity contribution in [3.63, 3.8) is 0 Å². The van der Waals surface area contributed by atoms with Gasteiger partial charge in [0.2, 0.25) is 11.7 Å². The summed E-state index contributed by atoms with van der Waals surface area (Å²) in [5, 5.41) is 8.75. The van der Waals surface area contributed by atoms with Crippen LogP contribution in [0.5, 0.6) is 0 Å². The second-order valence-corrected chi connectivity index (χ2v) is 3.59. The summed E-state index contributed by atoms with van der Waals surface area (Å²) in [5.41, 5.74) is 0.429. The minimum absolute atomic E-state index is 0.0547. The number of benzene rings is 1. The van der Waals surface area contributed by atoms with Crippen LogP contribution < -0.4 is 0 Å². The van der Waals surface area contributed by atoms with E-state index in [2.05, 4.69) is 4.98 Å². The number of carbonyl (C=O) groups is 1. The van der Waals surface area contributed by atoms with Crippen LogP contribution in [0.25, 0.3) is 11.5 Å². The first kappa shape index (κ1) is 12.8. The highest BCUT2D eigenvalue weighted by Gasteiger charge is 2.15. The number of hydrogen-bond donors (Lipinski definition) is 0. The van der Waals surface area contributed by atoms with Crippen LogP contribution in [0, 0.1) is 17.1 Å². The summed E-state index contributed by atoms with van der Waals surface area (Å²) in [5.74, 6) is -1.23. The second kappa shape index (κ2) is 5.31. The molecule has 2 rings (SSSR count). The third kappa shape index (κ3) is 2.77. The Hall–Kier alpha value is -2.68. The Morgan fingerprint density at radius 1 is 1.53 bits per heavy atom. The highest BCUT2D eigenvalue weighted by atomic mass is 19.1. The van der Waals surface area contributed by atoms with E-state index in [1.807, 2.05) is 6.07 Å². The van der Waals surface area contributed by atoms with Crippen LogP contribution >= 0.6 is 0 Å². The van der Waals surface area contributed by atoms with Crippen molar-refractivity contribution in [2.45, 2.75) is 6.92 Å². The first-order chi connectivity index (χ1) is 9.13. The van der Waals surface area contributed by atoms with Crippen LogP contribution in [0.4, 0.5) is 4.39 Å². The van der Waals surface area contributed by atoms with Crippen LogP contribution in [-0.2, 0) is 4.74 Å².